The molecule has 0 radical (unpaired) electrons. The van der Waals surface area contributed by atoms with Crippen LogP contribution in [0.25, 0.3) is 16.9 Å². The number of benzene rings is 2. The second-order valence-corrected chi connectivity index (χ2v) is 19.0. The van der Waals surface area contributed by atoms with Gasteiger partial charge in [0, 0.05) is 22.3 Å². The van der Waals surface area contributed by atoms with Crippen LogP contribution < -0.4 is 0 Å². The van der Waals surface area contributed by atoms with Gasteiger partial charge in [0.1, 0.15) is 0 Å². The van der Waals surface area contributed by atoms with Crippen LogP contribution in [-0.4, -0.2) is 4.70 Å². The zero-order valence-electron chi connectivity index (χ0n) is 43.8. The first kappa shape index (κ1) is 62.0. The minimum absolute atomic E-state index is 0. The summed E-state index contributed by atoms with van der Waals surface area (Å²) in [7, 11) is 0. The molecule has 0 N–H and O–H groups in total. The summed E-state index contributed by atoms with van der Waals surface area (Å²) in [5.41, 5.74) is 25.5. The first-order valence-corrected chi connectivity index (χ1v) is 27.6. The van der Waals surface area contributed by atoms with E-state index in [1.165, 1.54) is 205 Å². The molecule has 1 aliphatic heterocycles. The van der Waals surface area contributed by atoms with E-state index in [1.807, 2.05) is 0 Å². The number of aryl methyl sites for hydroxylation is 4. The fourth-order valence-corrected chi connectivity index (χ4v) is 8.90. The molecule has 0 saturated carbocycles. The van der Waals surface area contributed by atoms with E-state index in [9.17, 15) is 5.53 Å². The molecule has 0 unspecified atom stereocenters. The summed E-state index contributed by atoms with van der Waals surface area (Å²) < 4.78 is 1.65. The molecule has 0 bridgehead atoms. The van der Waals surface area contributed by atoms with E-state index in [0.717, 1.165) is 75.6 Å². The molecule has 0 saturated heterocycles. The van der Waals surface area contributed by atoms with Gasteiger partial charge in [-0.05, 0) is 124 Å². The number of rotatable bonds is 35. The summed E-state index contributed by atoms with van der Waals surface area (Å²) in [6.07, 6.45) is 43.6. The number of nitrogens with zero attached hydrogens (tertiary/aromatic N) is 2. The Labute approximate surface area is 410 Å². The van der Waals surface area contributed by atoms with Crippen molar-refractivity contribution in [2.75, 3.05) is 0 Å². The minimum atomic E-state index is 0. The summed E-state index contributed by atoms with van der Waals surface area (Å²) in [5, 5.41) is 0. The number of hydrogen-bond acceptors (Lipinski definition) is 0. The number of hydrogen-bond donors (Lipinski definition) is 0. The van der Waals surface area contributed by atoms with Gasteiger partial charge in [0.05, 0.1) is 0 Å². The van der Waals surface area contributed by atoms with Crippen molar-refractivity contribution in [2.24, 2.45) is 0 Å². The van der Waals surface area contributed by atoms with Gasteiger partial charge in [-0.3, -0.25) is 0 Å². The van der Waals surface area contributed by atoms with Gasteiger partial charge in [0.2, 0.25) is 11.4 Å². The van der Waals surface area contributed by atoms with E-state index in [0.29, 0.717) is 0 Å². The molecule has 2 aromatic rings. The molecule has 2 aromatic carbocycles. The fourth-order valence-electron chi connectivity index (χ4n) is 8.90. The SMILES string of the molecule is CCCCCC1=C(c2cc(CCCC)cc(CCCC)c2)[N+](=[N-])C(c2cc(CCCCC)cc(CCCCC)c2)=C1CCCC.[CH2-]CCCCCCCC.[CH2-]CCCCCCCC.[Ni+2]. The summed E-state index contributed by atoms with van der Waals surface area (Å²) in [6, 6.07) is 14.5. The van der Waals surface area contributed by atoms with Crippen LogP contribution in [0.1, 0.15) is 288 Å². The molecule has 1 aliphatic rings. The molecule has 0 amide bonds. The monoisotopic (exact) mass is 923 g/mol. The van der Waals surface area contributed by atoms with Crippen LogP contribution in [0, 0.1) is 13.8 Å². The van der Waals surface area contributed by atoms with Gasteiger partial charge in [-0.15, -0.1) is 0 Å². The zero-order chi connectivity index (χ0) is 46.3. The van der Waals surface area contributed by atoms with E-state index < -0.39 is 0 Å². The van der Waals surface area contributed by atoms with Crippen LogP contribution in [0.5, 0.6) is 0 Å². The largest absolute Gasteiger partial charge is 2.00 e. The van der Waals surface area contributed by atoms with Crippen molar-refractivity contribution < 1.29 is 21.2 Å². The normalized spacial score (nSPS) is 12.3. The van der Waals surface area contributed by atoms with Crippen molar-refractivity contribution in [1.29, 1.82) is 0 Å². The Morgan fingerprint density at radius 2 is 0.578 bits per heavy atom. The van der Waals surface area contributed by atoms with Crippen LogP contribution >= 0.6 is 0 Å². The minimum Gasteiger partial charge on any atom is -0.493 e. The fraction of sp³-hybridized carbons (Fsp3) is 0.705. The van der Waals surface area contributed by atoms with Crippen molar-refractivity contribution in [3.05, 3.63) is 100 Å². The molecule has 3 rings (SSSR count). The Hall–Kier alpha value is -1.99. The number of allylic oxidation sites excluding steroid dienone is 2. The predicted molar refractivity (Wildman–Crippen MR) is 284 cm³/mol. The summed E-state index contributed by atoms with van der Waals surface area (Å²) in [6.45, 7) is 25.8. The molecular formula is C61H104N2Ni. The third kappa shape index (κ3) is 26.4. The van der Waals surface area contributed by atoms with Crippen molar-refractivity contribution in [2.45, 2.75) is 280 Å². The van der Waals surface area contributed by atoms with Gasteiger partial charge in [0.15, 0.2) is 0 Å². The Morgan fingerprint density at radius 1 is 0.328 bits per heavy atom. The molecule has 0 spiro atoms. The van der Waals surface area contributed by atoms with E-state index in [1.54, 1.807) is 4.70 Å². The quantitative estimate of drug-likeness (QED) is 0.0285. The first-order chi connectivity index (χ1) is 30.8. The molecule has 0 aromatic heterocycles. The van der Waals surface area contributed by atoms with Crippen LogP contribution in [0.4, 0.5) is 0 Å². The molecule has 0 atom stereocenters. The predicted octanol–water partition coefficient (Wildman–Crippen LogP) is 20.9. The molecule has 2 nitrogen and oxygen atoms in total. The van der Waals surface area contributed by atoms with Crippen LogP contribution in [-0.2, 0) is 42.2 Å². The van der Waals surface area contributed by atoms with Crippen molar-refractivity contribution in [3.63, 3.8) is 0 Å². The van der Waals surface area contributed by atoms with Crippen molar-refractivity contribution >= 4 is 11.4 Å². The molecule has 3 heteroatoms. The van der Waals surface area contributed by atoms with Gasteiger partial charge in [-0.25, -0.2) is 4.70 Å². The van der Waals surface area contributed by atoms with Crippen LogP contribution in [0.3, 0.4) is 0 Å². The third-order valence-electron chi connectivity index (χ3n) is 12.8. The summed E-state index contributed by atoms with van der Waals surface area (Å²) in [5.74, 6) is 0. The van der Waals surface area contributed by atoms with Crippen molar-refractivity contribution in [3.8, 4) is 0 Å². The zero-order valence-corrected chi connectivity index (χ0v) is 44.8. The van der Waals surface area contributed by atoms with E-state index >= 15 is 0 Å². The van der Waals surface area contributed by atoms with Crippen LogP contribution in [0.15, 0.2) is 47.5 Å². The van der Waals surface area contributed by atoms with E-state index in [-0.39, 0.29) is 16.5 Å². The average molecular weight is 924 g/mol. The Balaban J connectivity index is 0.00000174. The second kappa shape index (κ2) is 42.4. The van der Waals surface area contributed by atoms with Gasteiger partial charge >= 0.3 is 16.5 Å². The van der Waals surface area contributed by atoms with Gasteiger partial charge in [0.25, 0.3) is 0 Å². The van der Waals surface area contributed by atoms with E-state index in [4.69, 9.17) is 0 Å². The molecule has 64 heavy (non-hydrogen) atoms. The van der Waals surface area contributed by atoms with Gasteiger partial charge < -0.3 is 19.4 Å². The smallest absolute Gasteiger partial charge is 0.493 e. The number of unbranched alkanes of at least 4 members (excludes halogenated alkanes) is 21. The third-order valence-corrected chi connectivity index (χ3v) is 12.8. The summed E-state index contributed by atoms with van der Waals surface area (Å²) >= 11 is 0. The molecule has 1 heterocycles. The molecular weight excluding hydrogens is 819 g/mol. The van der Waals surface area contributed by atoms with Crippen molar-refractivity contribution in [1.82, 2.24) is 0 Å². The topological polar surface area (TPSA) is 25.3 Å². The molecule has 368 valence electrons. The molecule has 0 fully saturated rings. The maximum atomic E-state index is 12.4. The Kier molecular flexibility index (Phi) is 41.1. The first-order valence-electron chi connectivity index (χ1n) is 27.6. The standard InChI is InChI=1S/C43H66N2.2C9H19.Ni/c1-7-13-19-24-36-29-37(25-20-14-8-2)33-39(32-36)42-40(26-18-12-6)41(27-21-15-9-3)43(45(42)44)38-30-34(22-16-10-4)28-35(31-38)23-17-11-5;2*1-3-5-7-9-8-6-4-2;/h28-33H,7-27H2,1-6H3;2*1,3-9H2,2H3;/q;2*-1;+2. The Bertz CT molecular complexity index is 1420. The Morgan fingerprint density at radius 3 is 0.906 bits per heavy atom. The van der Waals surface area contributed by atoms with Gasteiger partial charge in [-0.1, -0.05) is 202 Å². The van der Waals surface area contributed by atoms with E-state index in [2.05, 4.69) is 106 Å². The van der Waals surface area contributed by atoms with Crippen LogP contribution in [0.2, 0.25) is 0 Å². The summed E-state index contributed by atoms with van der Waals surface area (Å²) in [4.78, 5) is 0. The average Bonchev–Trinajstić information content (AvgIpc) is 3.57. The maximum absolute atomic E-state index is 12.4. The second-order valence-electron chi connectivity index (χ2n) is 19.0. The van der Waals surface area contributed by atoms with Gasteiger partial charge in [-0.2, -0.15) is 12.8 Å². The molecule has 0 aliphatic carbocycles. The maximum Gasteiger partial charge on any atom is 2.00 e.